The Bertz CT molecular complexity index is 224. The maximum absolute atomic E-state index is 10.6. The summed E-state index contributed by atoms with van der Waals surface area (Å²) in [5.41, 5.74) is 0. The van der Waals surface area contributed by atoms with E-state index in [9.17, 15) is 4.79 Å². The molecule has 0 aliphatic carbocycles. The van der Waals surface area contributed by atoms with E-state index in [-0.39, 0.29) is 0 Å². The van der Waals surface area contributed by atoms with E-state index in [1.165, 1.54) is 38.5 Å². The third-order valence-electron chi connectivity index (χ3n) is 2.56. The molecule has 1 aromatic rings. The second-order valence-electron chi connectivity index (χ2n) is 4.37. The van der Waals surface area contributed by atoms with Crippen LogP contribution in [0.4, 0.5) is 0 Å². The molecule has 0 radical (unpaired) electrons. The molecule has 17 heavy (non-hydrogen) atoms. The normalized spacial score (nSPS) is 9.53. The van der Waals surface area contributed by atoms with Crippen molar-refractivity contribution in [3.8, 4) is 0 Å². The lowest BCUT2D eigenvalue weighted by Gasteiger charge is -1.98. The molecule has 1 heterocycles. The number of ketones is 1. The zero-order valence-electron chi connectivity index (χ0n) is 11.3. The predicted molar refractivity (Wildman–Crippen MR) is 77.6 cm³/mol. The summed E-state index contributed by atoms with van der Waals surface area (Å²) >= 11 is 1.71. The number of rotatable bonds is 8. The van der Waals surface area contributed by atoms with Crippen molar-refractivity contribution in [3.63, 3.8) is 0 Å². The number of hydrogen-bond acceptors (Lipinski definition) is 2. The fourth-order valence-corrected chi connectivity index (χ4v) is 2.01. The van der Waals surface area contributed by atoms with Gasteiger partial charge in [-0.1, -0.05) is 57.6 Å². The van der Waals surface area contributed by atoms with Crippen molar-refractivity contribution >= 4 is 17.1 Å². The molecule has 0 spiro atoms. The zero-order chi connectivity index (χ0) is 12.8. The minimum atomic E-state index is 0.337. The SMILES string of the molecule is CCCCCCCCCC(C)=O.c1ccsc1. The van der Waals surface area contributed by atoms with E-state index in [1.807, 2.05) is 22.9 Å². The van der Waals surface area contributed by atoms with Gasteiger partial charge < -0.3 is 4.79 Å². The number of Topliss-reactive ketones (excluding diaryl/α,β-unsaturated/α-hetero) is 1. The lowest BCUT2D eigenvalue weighted by Crippen LogP contribution is -1.89. The molecule has 0 saturated heterocycles. The van der Waals surface area contributed by atoms with E-state index in [0.717, 1.165) is 12.8 Å². The highest BCUT2D eigenvalue weighted by Gasteiger charge is 1.93. The first kappa shape index (κ1) is 16.4. The first-order valence-corrected chi connectivity index (χ1v) is 7.68. The zero-order valence-corrected chi connectivity index (χ0v) is 12.1. The molecule has 0 aromatic carbocycles. The summed E-state index contributed by atoms with van der Waals surface area (Å²) in [5, 5.41) is 4.08. The molecule has 0 amide bonds. The van der Waals surface area contributed by atoms with Crippen molar-refractivity contribution in [1.82, 2.24) is 0 Å². The summed E-state index contributed by atoms with van der Waals surface area (Å²) in [4.78, 5) is 10.6. The van der Waals surface area contributed by atoms with Crippen LogP contribution >= 0.6 is 11.3 Å². The van der Waals surface area contributed by atoms with E-state index in [4.69, 9.17) is 0 Å². The van der Waals surface area contributed by atoms with Gasteiger partial charge >= 0.3 is 0 Å². The summed E-state index contributed by atoms with van der Waals surface area (Å²) in [6, 6.07) is 4.04. The standard InChI is InChI=1S/C11H22O.C4H4S/c1-3-4-5-6-7-8-9-10-11(2)12;1-2-4-5-3-1/h3-10H2,1-2H3;1-4H. The first-order valence-electron chi connectivity index (χ1n) is 6.74. The number of carbonyl (C=O) groups excluding carboxylic acids is 1. The Morgan fingerprint density at radius 2 is 1.47 bits per heavy atom. The van der Waals surface area contributed by atoms with Gasteiger partial charge in [0.1, 0.15) is 5.78 Å². The van der Waals surface area contributed by atoms with Crippen molar-refractivity contribution in [3.05, 3.63) is 22.9 Å². The quantitative estimate of drug-likeness (QED) is 0.563. The van der Waals surface area contributed by atoms with Gasteiger partial charge in [0.15, 0.2) is 0 Å². The van der Waals surface area contributed by atoms with Crippen LogP contribution in [-0.4, -0.2) is 5.78 Å². The van der Waals surface area contributed by atoms with Crippen molar-refractivity contribution in [1.29, 1.82) is 0 Å². The number of thiophene rings is 1. The van der Waals surface area contributed by atoms with E-state index in [2.05, 4.69) is 6.92 Å². The van der Waals surface area contributed by atoms with Gasteiger partial charge in [-0.05, 0) is 24.1 Å². The smallest absolute Gasteiger partial charge is 0.129 e. The summed E-state index contributed by atoms with van der Waals surface area (Å²) in [6.07, 6.45) is 9.84. The minimum absolute atomic E-state index is 0.337. The maximum atomic E-state index is 10.6. The fourth-order valence-electron chi connectivity index (χ4n) is 1.56. The molecule has 0 bridgehead atoms. The van der Waals surface area contributed by atoms with Crippen LogP contribution < -0.4 is 0 Å². The van der Waals surface area contributed by atoms with Crippen LogP contribution in [0.25, 0.3) is 0 Å². The van der Waals surface area contributed by atoms with Gasteiger partial charge in [0.25, 0.3) is 0 Å². The van der Waals surface area contributed by atoms with Crippen molar-refractivity contribution in [2.45, 2.75) is 65.2 Å². The van der Waals surface area contributed by atoms with Gasteiger partial charge in [-0.2, -0.15) is 11.3 Å². The van der Waals surface area contributed by atoms with Crippen LogP contribution in [0.3, 0.4) is 0 Å². The molecular formula is C15H26OS. The maximum Gasteiger partial charge on any atom is 0.129 e. The molecule has 0 N–H and O–H groups in total. The first-order chi connectivity index (χ1) is 8.27. The van der Waals surface area contributed by atoms with E-state index < -0.39 is 0 Å². The Morgan fingerprint density at radius 1 is 0.941 bits per heavy atom. The molecule has 0 fully saturated rings. The topological polar surface area (TPSA) is 17.1 Å². The van der Waals surface area contributed by atoms with Crippen LogP contribution in [0.2, 0.25) is 0 Å². The molecule has 1 rings (SSSR count). The predicted octanol–water partition coefficient (Wildman–Crippen LogP) is 5.46. The third kappa shape index (κ3) is 15.4. The van der Waals surface area contributed by atoms with Gasteiger partial charge in [0, 0.05) is 6.42 Å². The fraction of sp³-hybridized carbons (Fsp3) is 0.667. The van der Waals surface area contributed by atoms with Crippen molar-refractivity contribution < 1.29 is 4.79 Å². The Labute approximate surface area is 110 Å². The van der Waals surface area contributed by atoms with Gasteiger partial charge in [-0.25, -0.2) is 0 Å². The summed E-state index contributed by atoms with van der Waals surface area (Å²) in [7, 11) is 0. The van der Waals surface area contributed by atoms with Crippen LogP contribution in [0, 0.1) is 0 Å². The van der Waals surface area contributed by atoms with E-state index in [1.54, 1.807) is 18.3 Å². The Balaban J connectivity index is 0.000000419. The van der Waals surface area contributed by atoms with Crippen LogP contribution in [0.15, 0.2) is 22.9 Å². The molecule has 1 nitrogen and oxygen atoms in total. The highest BCUT2D eigenvalue weighted by Crippen LogP contribution is 2.08. The lowest BCUT2D eigenvalue weighted by atomic mass is 10.1. The van der Waals surface area contributed by atoms with Gasteiger partial charge in [-0.3, -0.25) is 0 Å². The Kier molecular flexibility index (Phi) is 12.9. The minimum Gasteiger partial charge on any atom is -0.300 e. The highest BCUT2D eigenvalue weighted by atomic mass is 32.1. The molecule has 0 saturated carbocycles. The van der Waals surface area contributed by atoms with Gasteiger partial charge in [-0.15, -0.1) is 0 Å². The van der Waals surface area contributed by atoms with Gasteiger partial charge in [0.05, 0.1) is 0 Å². The molecule has 1 aromatic heterocycles. The number of carbonyl (C=O) groups is 1. The number of unbranched alkanes of at least 4 members (excludes halogenated alkanes) is 6. The van der Waals surface area contributed by atoms with E-state index >= 15 is 0 Å². The summed E-state index contributed by atoms with van der Waals surface area (Å²) < 4.78 is 0. The van der Waals surface area contributed by atoms with E-state index in [0.29, 0.717) is 5.78 Å². The van der Waals surface area contributed by atoms with Crippen molar-refractivity contribution in [2.24, 2.45) is 0 Å². The molecule has 0 unspecified atom stereocenters. The largest absolute Gasteiger partial charge is 0.300 e. The summed E-state index contributed by atoms with van der Waals surface area (Å²) in [6.45, 7) is 3.91. The molecule has 2 heteroatoms. The van der Waals surface area contributed by atoms with Gasteiger partial charge in [0.2, 0.25) is 0 Å². The highest BCUT2D eigenvalue weighted by molar-refractivity contribution is 7.07. The van der Waals surface area contributed by atoms with Crippen molar-refractivity contribution in [2.75, 3.05) is 0 Å². The molecule has 98 valence electrons. The average molecular weight is 254 g/mol. The molecule has 0 aliphatic heterocycles. The summed E-state index contributed by atoms with van der Waals surface area (Å²) in [5.74, 6) is 0.337. The Morgan fingerprint density at radius 3 is 1.88 bits per heavy atom. The lowest BCUT2D eigenvalue weighted by molar-refractivity contribution is -0.117. The van der Waals surface area contributed by atoms with Crippen LogP contribution in [0.1, 0.15) is 65.2 Å². The van der Waals surface area contributed by atoms with Crippen LogP contribution in [-0.2, 0) is 4.79 Å². The Hall–Kier alpha value is -0.630. The monoisotopic (exact) mass is 254 g/mol. The molecule has 0 aliphatic rings. The number of hydrogen-bond donors (Lipinski definition) is 0. The molecular weight excluding hydrogens is 228 g/mol. The second-order valence-corrected chi connectivity index (χ2v) is 5.18. The third-order valence-corrected chi connectivity index (χ3v) is 3.19. The average Bonchev–Trinajstić information content (AvgIpc) is 2.86. The van der Waals surface area contributed by atoms with Crippen LogP contribution in [0.5, 0.6) is 0 Å². The molecule has 0 atom stereocenters. The second kappa shape index (κ2) is 13.4.